The fraction of sp³-hybridized carbons (Fsp3) is 0.241. The lowest BCUT2D eigenvalue weighted by molar-refractivity contribution is 0.0976. The Hall–Kier alpha value is -3.53. The number of ketones is 1. The Balaban J connectivity index is 1.54. The fourth-order valence-electron chi connectivity index (χ4n) is 3.90. The van der Waals surface area contributed by atoms with Crippen LogP contribution in [-0.4, -0.2) is 26.0 Å². The number of Topliss-reactive ketones (excluding diaryl/α,β-unsaturated/α-hetero) is 1. The summed E-state index contributed by atoms with van der Waals surface area (Å²) in [7, 11) is -3.87. The zero-order chi connectivity index (χ0) is 28.7. The number of rotatable bonds is 13. The van der Waals surface area contributed by atoms with Crippen LogP contribution in [0.25, 0.3) is 0 Å². The van der Waals surface area contributed by atoms with Crippen LogP contribution in [0.4, 0.5) is 11.5 Å². The van der Waals surface area contributed by atoms with E-state index in [1.807, 2.05) is 24.3 Å². The number of nitrogens with zero attached hydrogens (tertiary/aromatic N) is 1. The molecule has 40 heavy (non-hydrogen) atoms. The van der Waals surface area contributed by atoms with E-state index >= 15 is 0 Å². The summed E-state index contributed by atoms with van der Waals surface area (Å²) in [5.41, 5.74) is 1.93. The van der Waals surface area contributed by atoms with Crippen molar-refractivity contribution in [3.05, 3.63) is 99.7 Å². The first kappa shape index (κ1) is 29.5. The summed E-state index contributed by atoms with van der Waals surface area (Å²) in [6.45, 7) is 4.40. The maximum Gasteiger partial charge on any atom is 0.263 e. The number of sulfonamides is 1. The second kappa shape index (κ2) is 13.2. The number of halogens is 2. The van der Waals surface area contributed by atoms with Crippen LogP contribution in [0.3, 0.4) is 0 Å². The summed E-state index contributed by atoms with van der Waals surface area (Å²) in [4.78, 5) is 13.3. The van der Waals surface area contributed by atoms with E-state index in [0.29, 0.717) is 33.7 Å². The second-order valence-electron chi connectivity index (χ2n) is 9.18. The molecular formula is C29H29Cl2N3O5S. The normalized spacial score (nSPS) is 12.1. The predicted octanol–water partition coefficient (Wildman–Crippen LogP) is 7.70. The number of unbranched alkanes of at least 4 members (excludes halogenated alkanes) is 1. The van der Waals surface area contributed by atoms with Gasteiger partial charge in [-0.05, 0) is 73.5 Å². The van der Waals surface area contributed by atoms with Crippen LogP contribution >= 0.6 is 23.2 Å². The van der Waals surface area contributed by atoms with Crippen molar-refractivity contribution in [3.8, 4) is 5.75 Å². The summed E-state index contributed by atoms with van der Waals surface area (Å²) in [6, 6.07) is 19.6. The van der Waals surface area contributed by atoms with Crippen molar-refractivity contribution in [3.63, 3.8) is 0 Å². The SMILES string of the molecule is CCCCOc1ccc(C(CC(=O)c2ccc(Cl)c(Cl)c2)Nc2ccc(S(=O)(=O)Nc3cc(C)on3)cc2)cc1. The molecule has 8 nitrogen and oxygen atoms in total. The van der Waals surface area contributed by atoms with Crippen molar-refractivity contribution in [1.82, 2.24) is 5.16 Å². The van der Waals surface area contributed by atoms with Gasteiger partial charge in [0.05, 0.1) is 27.6 Å². The summed E-state index contributed by atoms with van der Waals surface area (Å²) >= 11 is 12.2. The Morgan fingerprint density at radius 2 is 1.73 bits per heavy atom. The van der Waals surface area contributed by atoms with E-state index in [4.69, 9.17) is 32.5 Å². The average molecular weight is 603 g/mol. The Labute approximate surface area is 243 Å². The number of nitrogens with one attached hydrogen (secondary N) is 2. The second-order valence-corrected chi connectivity index (χ2v) is 11.7. The van der Waals surface area contributed by atoms with Crippen LogP contribution in [0.15, 0.2) is 82.2 Å². The van der Waals surface area contributed by atoms with Crippen LogP contribution in [-0.2, 0) is 10.0 Å². The highest BCUT2D eigenvalue weighted by molar-refractivity contribution is 7.92. The number of carbonyl (C=O) groups excluding carboxylic acids is 1. The zero-order valence-corrected chi connectivity index (χ0v) is 24.3. The Morgan fingerprint density at radius 3 is 2.35 bits per heavy atom. The van der Waals surface area contributed by atoms with E-state index in [1.165, 1.54) is 18.2 Å². The quantitative estimate of drug-likeness (QED) is 0.119. The molecule has 210 valence electrons. The largest absolute Gasteiger partial charge is 0.494 e. The van der Waals surface area contributed by atoms with Crippen LogP contribution < -0.4 is 14.8 Å². The van der Waals surface area contributed by atoms with Gasteiger partial charge in [0.15, 0.2) is 11.6 Å². The summed E-state index contributed by atoms with van der Waals surface area (Å²) in [5, 5.41) is 7.71. The van der Waals surface area contributed by atoms with E-state index in [1.54, 1.807) is 37.3 Å². The highest BCUT2D eigenvalue weighted by Gasteiger charge is 2.20. The molecule has 0 bridgehead atoms. The number of hydrogen-bond donors (Lipinski definition) is 2. The van der Waals surface area contributed by atoms with Crippen molar-refractivity contribution in [2.24, 2.45) is 0 Å². The fourth-order valence-corrected chi connectivity index (χ4v) is 5.18. The topological polar surface area (TPSA) is 111 Å². The van der Waals surface area contributed by atoms with Gasteiger partial charge < -0.3 is 14.6 Å². The molecule has 0 saturated carbocycles. The minimum Gasteiger partial charge on any atom is -0.494 e. The number of anilines is 2. The van der Waals surface area contributed by atoms with E-state index in [-0.39, 0.29) is 22.9 Å². The van der Waals surface area contributed by atoms with Gasteiger partial charge in [-0.3, -0.25) is 9.52 Å². The predicted molar refractivity (Wildman–Crippen MR) is 157 cm³/mol. The molecular weight excluding hydrogens is 573 g/mol. The van der Waals surface area contributed by atoms with Gasteiger partial charge in [-0.2, -0.15) is 0 Å². The van der Waals surface area contributed by atoms with E-state index < -0.39 is 16.1 Å². The monoisotopic (exact) mass is 601 g/mol. The van der Waals surface area contributed by atoms with E-state index in [0.717, 1.165) is 24.2 Å². The number of aryl methyl sites for hydroxylation is 1. The van der Waals surface area contributed by atoms with Gasteiger partial charge in [-0.15, -0.1) is 0 Å². The standard InChI is InChI=1S/C29H29Cl2N3O5S/c1-3-4-15-38-23-10-5-20(6-11-23)27(18-28(35)21-7-14-25(30)26(31)17-21)32-22-8-12-24(13-9-22)40(36,37)34-29-16-19(2)39-33-29/h5-14,16-17,27,32H,3-4,15,18H2,1-2H3,(H,33,34). The molecule has 0 aliphatic heterocycles. The van der Waals surface area contributed by atoms with Gasteiger partial charge in [-0.1, -0.05) is 53.8 Å². The molecule has 0 aliphatic carbocycles. The van der Waals surface area contributed by atoms with Crippen LogP contribution in [0.1, 0.15) is 53.9 Å². The van der Waals surface area contributed by atoms with E-state index in [2.05, 4.69) is 22.1 Å². The third kappa shape index (κ3) is 7.78. The molecule has 1 atom stereocenters. The third-order valence-electron chi connectivity index (χ3n) is 6.05. The van der Waals surface area contributed by atoms with Crippen molar-refractivity contribution >= 4 is 50.5 Å². The number of aromatic nitrogens is 1. The first-order valence-electron chi connectivity index (χ1n) is 12.7. The highest BCUT2D eigenvalue weighted by atomic mass is 35.5. The molecule has 0 radical (unpaired) electrons. The number of benzene rings is 3. The van der Waals surface area contributed by atoms with Crippen molar-refractivity contribution in [2.75, 3.05) is 16.6 Å². The summed E-state index contributed by atoms with van der Waals surface area (Å²) in [6.07, 6.45) is 2.11. The molecule has 0 saturated heterocycles. The first-order chi connectivity index (χ1) is 19.1. The lowest BCUT2D eigenvalue weighted by Crippen LogP contribution is -2.16. The molecule has 11 heteroatoms. The first-order valence-corrected chi connectivity index (χ1v) is 14.9. The number of ether oxygens (including phenoxy) is 1. The Bertz CT molecular complexity index is 1560. The van der Waals surface area contributed by atoms with Gasteiger partial charge in [0.1, 0.15) is 11.5 Å². The Morgan fingerprint density at radius 1 is 1.00 bits per heavy atom. The molecule has 0 amide bonds. The van der Waals surface area contributed by atoms with Gasteiger partial charge in [0, 0.05) is 23.7 Å². The van der Waals surface area contributed by atoms with Crippen LogP contribution in [0, 0.1) is 6.92 Å². The van der Waals surface area contributed by atoms with E-state index in [9.17, 15) is 13.2 Å². The van der Waals surface area contributed by atoms with Crippen molar-refractivity contribution < 1.29 is 22.5 Å². The molecule has 4 aromatic rings. The maximum atomic E-state index is 13.2. The molecule has 4 rings (SSSR count). The highest BCUT2D eigenvalue weighted by Crippen LogP contribution is 2.29. The summed E-state index contributed by atoms with van der Waals surface area (Å²) in [5.74, 6) is 1.20. The Kier molecular flexibility index (Phi) is 9.73. The molecule has 2 N–H and O–H groups in total. The number of carbonyl (C=O) groups is 1. The lowest BCUT2D eigenvalue weighted by atomic mass is 9.97. The molecule has 3 aromatic carbocycles. The smallest absolute Gasteiger partial charge is 0.263 e. The van der Waals surface area contributed by atoms with Crippen molar-refractivity contribution in [1.29, 1.82) is 0 Å². The van der Waals surface area contributed by atoms with Crippen molar-refractivity contribution in [2.45, 2.75) is 44.0 Å². The van der Waals surface area contributed by atoms with Crippen LogP contribution in [0.2, 0.25) is 10.0 Å². The third-order valence-corrected chi connectivity index (χ3v) is 8.16. The molecule has 1 heterocycles. The van der Waals surface area contributed by atoms with Crippen LogP contribution in [0.5, 0.6) is 5.75 Å². The average Bonchev–Trinajstić information content (AvgIpc) is 3.34. The zero-order valence-electron chi connectivity index (χ0n) is 22.0. The van der Waals surface area contributed by atoms with Gasteiger partial charge in [-0.25, -0.2) is 8.42 Å². The molecule has 0 fully saturated rings. The minimum absolute atomic E-state index is 0.0516. The lowest BCUT2D eigenvalue weighted by Gasteiger charge is -2.21. The number of hydrogen-bond acceptors (Lipinski definition) is 7. The van der Waals surface area contributed by atoms with Gasteiger partial charge in [0.25, 0.3) is 10.0 Å². The van der Waals surface area contributed by atoms with Gasteiger partial charge in [0.2, 0.25) is 0 Å². The molecule has 0 aliphatic rings. The van der Waals surface area contributed by atoms with Gasteiger partial charge >= 0.3 is 0 Å². The molecule has 0 spiro atoms. The minimum atomic E-state index is -3.87. The molecule has 1 unspecified atom stereocenters. The maximum absolute atomic E-state index is 13.2. The molecule has 1 aromatic heterocycles. The summed E-state index contributed by atoms with van der Waals surface area (Å²) < 4.78 is 38.6.